The van der Waals surface area contributed by atoms with Gasteiger partial charge in [-0.3, -0.25) is 0 Å². The van der Waals surface area contributed by atoms with Gasteiger partial charge in [-0.1, -0.05) is 6.08 Å². The minimum absolute atomic E-state index is 0.136. The minimum atomic E-state index is -0.539. The molecule has 1 aliphatic heterocycles. The zero-order valence-electron chi connectivity index (χ0n) is 11.0. The van der Waals surface area contributed by atoms with Gasteiger partial charge in [-0.25, -0.2) is 4.79 Å². The van der Waals surface area contributed by atoms with Crippen LogP contribution in [0.1, 0.15) is 40.0 Å². The summed E-state index contributed by atoms with van der Waals surface area (Å²) in [5.41, 5.74) is -0.492. The third kappa shape index (κ3) is 4.04. The van der Waals surface area contributed by atoms with E-state index >= 15 is 0 Å². The molecule has 0 aromatic rings. The molecule has 1 saturated heterocycles. The summed E-state index contributed by atoms with van der Waals surface area (Å²) in [4.78, 5) is 13.6. The molecule has 0 bridgehead atoms. The fourth-order valence-electron chi connectivity index (χ4n) is 2.07. The molecule has 1 heterocycles. The topological polar surface area (TPSA) is 49.8 Å². The Kier molecular flexibility index (Phi) is 4.57. The molecule has 1 aliphatic rings. The molecule has 0 aliphatic carbocycles. The zero-order valence-corrected chi connectivity index (χ0v) is 11.0. The number of likely N-dealkylation sites (tertiary alicyclic amines) is 1. The van der Waals surface area contributed by atoms with Gasteiger partial charge < -0.3 is 14.7 Å². The lowest BCUT2D eigenvalue weighted by molar-refractivity contribution is 0.00578. The highest BCUT2D eigenvalue weighted by Crippen LogP contribution is 2.24. The molecule has 1 fully saturated rings. The van der Waals surface area contributed by atoms with Gasteiger partial charge in [0.15, 0.2) is 0 Å². The molecule has 0 saturated carbocycles. The maximum atomic E-state index is 11.9. The molecule has 2 unspecified atom stereocenters. The molecule has 1 rings (SSSR count). The Hall–Kier alpha value is -1.03. The molecule has 0 aromatic carbocycles. The lowest BCUT2D eigenvalue weighted by atomic mass is 10.1. The Balaban J connectivity index is 2.62. The van der Waals surface area contributed by atoms with Gasteiger partial charge in [0.25, 0.3) is 0 Å². The van der Waals surface area contributed by atoms with Gasteiger partial charge in [0.05, 0.1) is 12.1 Å². The van der Waals surface area contributed by atoms with E-state index < -0.39 is 11.7 Å². The van der Waals surface area contributed by atoms with Crippen LogP contribution in [0.25, 0.3) is 0 Å². The van der Waals surface area contributed by atoms with E-state index in [1.807, 2.05) is 20.8 Å². The van der Waals surface area contributed by atoms with Crippen molar-refractivity contribution >= 4 is 6.09 Å². The van der Waals surface area contributed by atoms with Crippen LogP contribution in [0, 0.1) is 0 Å². The summed E-state index contributed by atoms with van der Waals surface area (Å²) >= 11 is 0. The van der Waals surface area contributed by atoms with Crippen molar-refractivity contribution in [3.05, 3.63) is 12.7 Å². The van der Waals surface area contributed by atoms with E-state index in [0.717, 1.165) is 12.8 Å². The van der Waals surface area contributed by atoms with E-state index in [2.05, 4.69) is 6.58 Å². The number of rotatable bonds is 3. The predicted molar refractivity (Wildman–Crippen MR) is 66.8 cm³/mol. The van der Waals surface area contributed by atoms with Crippen molar-refractivity contribution in [2.45, 2.75) is 57.8 Å². The van der Waals surface area contributed by atoms with Gasteiger partial charge in [0, 0.05) is 6.54 Å². The quantitative estimate of drug-likeness (QED) is 0.771. The Morgan fingerprint density at radius 3 is 2.82 bits per heavy atom. The lowest BCUT2D eigenvalue weighted by Crippen LogP contribution is -2.44. The summed E-state index contributed by atoms with van der Waals surface area (Å²) in [6.45, 7) is 9.80. The number of nitrogens with zero attached hydrogens (tertiary/aromatic N) is 1. The van der Waals surface area contributed by atoms with Crippen LogP contribution < -0.4 is 0 Å². The second-order valence-electron chi connectivity index (χ2n) is 5.48. The zero-order chi connectivity index (χ0) is 13.1. The van der Waals surface area contributed by atoms with E-state index in [4.69, 9.17) is 4.74 Å². The Bertz CT molecular complexity index is 283. The molecule has 0 spiro atoms. The van der Waals surface area contributed by atoms with Crippen LogP contribution in [0.15, 0.2) is 12.7 Å². The Labute approximate surface area is 103 Å². The van der Waals surface area contributed by atoms with Crippen LogP contribution in [0.5, 0.6) is 0 Å². The van der Waals surface area contributed by atoms with Crippen molar-refractivity contribution in [2.75, 3.05) is 6.54 Å². The monoisotopic (exact) mass is 241 g/mol. The largest absolute Gasteiger partial charge is 0.444 e. The van der Waals surface area contributed by atoms with Crippen LogP contribution in [0.4, 0.5) is 4.79 Å². The molecule has 1 amide bonds. The van der Waals surface area contributed by atoms with E-state index in [9.17, 15) is 9.90 Å². The first-order valence-electron chi connectivity index (χ1n) is 6.13. The number of aliphatic hydroxyl groups excluding tert-OH is 1. The first-order chi connectivity index (χ1) is 7.85. The third-order valence-electron chi connectivity index (χ3n) is 2.78. The Morgan fingerprint density at radius 2 is 2.29 bits per heavy atom. The molecular formula is C13H23NO3. The number of ether oxygens (including phenoxy) is 1. The molecule has 0 radical (unpaired) electrons. The first-order valence-corrected chi connectivity index (χ1v) is 6.13. The van der Waals surface area contributed by atoms with Crippen molar-refractivity contribution in [1.29, 1.82) is 0 Å². The molecule has 0 aromatic heterocycles. The summed E-state index contributed by atoms with van der Waals surface area (Å²) in [6, 6.07) is -0.136. The van der Waals surface area contributed by atoms with Crippen LogP contribution in [-0.2, 0) is 4.74 Å². The highest BCUT2D eigenvalue weighted by atomic mass is 16.6. The number of aliphatic hydroxyl groups is 1. The summed E-state index contributed by atoms with van der Waals surface area (Å²) in [6.07, 6.45) is 3.05. The molecule has 4 nitrogen and oxygen atoms in total. The predicted octanol–water partition coefficient (Wildman–Crippen LogP) is 2.32. The van der Waals surface area contributed by atoms with Gasteiger partial charge in [-0.15, -0.1) is 6.58 Å². The van der Waals surface area contributed by atoms with E-state index in [0.29, 0.717) is 13.0 Å². The normalized spacial score (nSPS) is 22.4. The maximum absolute atomic E-state index is 11.9. The number of carbonyl (C=O) groups excluding carboxylic acids is 1. The van der Waals surface area contributed by atoms with E-state index in [-0.39, 0.29) is 12.1 Å². The van der Waals surface area contributed by atoms with E-state index in [1.165, 1.54) is 0 Å². The Morgan fingerprint density at radius 1 is 1.65 bits per heavy atom. The SMILES string of the molecule is C=CCC(O)C1CCCN1C(=O)OC(C)(C)C. The fraction of sp³-hybridized carbons (Fsp3) is 0.769. The average Bonchev–Trinajstić information content (AvgIpc) is 2.63. The summed E-state index contributed by atoms with van der Waals surface area (Å²) < 4.78 is 5.33. The number of carbonyl (C=O) groups is 1. The number of hydrogen-bond donors (Lipinski definition) is 1. The second-order valence-corrected chi connectivity index (χ2v) is 5.48. The van der Waals surface area contributed by atoms with Crippen molar-refractivity contribution in [1.82, 2.24) is 4.90 Å². The minimum Gasteiger partial charge on any atom is -0.444 e. The third-order valence-corrected chi connectivity index (χ3v) is 2.78. The van der Waals surface area contributed by atoms with Crippen LogP contribution in [0.3, 0.4) is 0 Å². The average molecular weight is 241 g/mol. The first kappa shape index (κ1) is 14.0. The van der Waals surface area contributed by atoms with E-state index in [1.54, 1.807) is 11.0 Å². The molecule has 2 atom stereocenters. The number of amides is 1. The van der Waals surface area contributed by atoms with Gasteiger partial charge in [0.1, 0.15) is 5.60 Å². The lowest BCUT2D eigenvalue weighted by Gasteiger charge is -2.30. The summed E-state index contributed by atoms with van der Waals surface area (Å²) in [7, 11) is 0. The highest BCUT2D eigenvalue weighted by molar-refractivity contribution is 5.69. The van der Waals surface area contributed by atoms with Gasteiger partial charge >= 0.3 is 6.09 Å². The van der Waals surface area contributed by atoms with Crippen LogP contribution in [-0.4, -0.2) is 40.4 Å². The van der Waals surface area contributed by atoms with Crippen molar-refractivity contribution in [3.8, 4) is 0 Å². The standard InChI is InChI=1S/C13H23NO3/c1-5-7-11(15)10-8-6-9-14(10)12(16)17-13(2,3)4/h5,10-11,15H,1,6-9H2,2-4H3. The molecule has 1 N–H and O–H groups in total. The fourth-order valence-corrected chi connectivity index (χ4v) is 2.07. The maximum Gasteiger partial charge on any atom is 0.410 e. The van der Waals surface area contributed by atoms with Gasteiger partial charge in [-0.2, -0.15) is 0 Å². The van der Waals surface area contributed by atoms with Crippen molar-refractivity contribution < 1.29 is 14.6 Å². The van der Waals surface area contributed by atoms with Gasteiger partial charge in [-0.05, 0) is 40.0 Å². The molecule has 17 heavy (non-hydrogen) atoms. The van der Waals surface area contributed by atoms with Gasteiger partial charge in [0.2, 0.25) is 0 Å². The molecule has 98 valence electrons. The smallest absolute Gasteiger partial charge is 0.410 e. The summed E-state index contributed by atoms with van der Waals surface area (Å²) in [5.74, 6) is 0. The van der Waals surface area contributed by atoms with Crippen molar-refractivity contribution in [2.24, 2.45) is 0 Å². The second kappa shape index (κ2) is 5.54. The highest BCUT2D eigenvalue weighted by Gasteiger charge is 2.35. The van der Waals surface area contributed by atoms with Crippen LogP contribution in [0.2, 0.25) is 0 Å². The van der Waals surface area contributed by atoms with Crippen molar-refractivity contribution in [3.63, 3.8) is 0 Å². The summed E-state index contributed by atoms with van der Waals surface area (Å²) in [5, 5.41) is 9.95. The molecule has 4 heteroatoms. The van der Waals surface area contributed by atoms with Crippen LogP contribution >= 0.6 is 0 Å². The number of hydrogen-bond acceptors (Lipinski definition) is 3. The molecular weight excluding hydrogens is 218 g/mol.